The molecule has 1 saturated heterocycles. The lowest BCUT2D eigenvalue weighted by molar-refractivity contribution is -0.112. The highest BCUT2D eigenvalue weighted by Crippen LogP contribution is 2.30. The maximum Gasteiger partial charge on any atom is 0.276 e. The second kappa shape index (κ2) is 10.2. The number of fused-ring (bicyclic) bond motifs is 2. The Hall–Kier alpha value is -3.27. The maximum atomic E-state index is 14.1. The van der Waals surface area contributed by atoms with E-state index in [4.69, 9.17) is 9.47 Å². The van der Waals surface area contributed by atoms with Crippen LogP contribution in [0.15, 0.2) is 29.2 Å². The monoisotopic (exact) mass is 489 g/mol. The van der Waals surface area contributed by atoms with Crippen molar-refractivity contribution in [3.05, 3.63) is 63.1 Å². The van der Waals surface area contributed by atoms with Crippen molar-refractivity contribution in [1.29, 1.82) is 0 Å². The molecule has 0 spiro atoms. The van der Waals surface area contributed by atoms with Gasteiger partial charge in [0, 0.05) is 37.5 Å². The molecular weight excluding hydrogens is 460 g/mol. The maximum absolute atomic E-state index is 14.1. The van der Waals surface area contributed by atoms with Crippen molar-refractivity contribution in [3.8, 4) is 5.75 Å². The zero-order chi connectivity index (χ0) is 25.3. The number of unbranched alkanes of at least 4 members (excludes halogenated alkanes) is 1. The molecule has 1 fully saturated rings. The molecule has 2 aliphatic heterocycles. The first-order valence-electron chi connectivity index (χ1n) is 11.8. The van der Waals surface area contributed by atoms with E-state index in [0.29, 0.717) is 19.4 Å². The molecular formula is C25H29F2N3O5. The van der Waals surface area contributed by atoms with Crippen molar-refractivity contribution in [1.82, 2.24) is 14.4 Å². The molecule has 0 bridgehead atoms. The summed E-state index contributed by atoms with van der Waals surface area (Å²) >= 11 is 0. The number of benzene rings is 1. The Morgan fingerprint density at radius 3 is 2.77 bits per heavy atom. The number of hydrogen-bond acceptors (Lipinski definition) is 5. The number of rotatable bonds is 7. The van der Waals surface area contributed by atoms with E-state index >= 15 is 0 Å². The first-order valence-corrected chi connectivity index (χ1v) is 11.8. The molecule has 3 heterocycles. The first kappa shape index (κ1) is 24.8. The van der Waals surface area contributed by atoms with E-state index in [-0.39, 0.29) is 54.2 Å². The van der Waals surface area contributed by atoms with Gasteiger partial charge in [-0.25, -0.2) is 8.78 Å². The number of halogens is 2. The summed E-state index contributed by atoms with van der Waals surface area (Å²) in [7, 11) is 1.42. The summed E-state index contributed by atoms with van der Waals surface area (Å²) in [5.74, 6) is -2.71. The fourth-order valence-corrected chi connectivity index (χ4v) is 4.43. The Labute approximate surface area is 202 Å². The highest BCUT2D eigenvalue weighted by atomic mass is 19.1. The third kappa shape index (κ3) is 4.80. The summed E-state index contributed by atoms with van der Waals surface area (Å²) in [6.07, 6.45) is 3.00. The molecule has 2 aromatic rings. The molecule has 1 aromatic carbocycles. The van der Waals surface area contributed by atoms with Gasteiger partial charge in [-0.2, -0.15) is 0 Å². The van der Waals surface area contributed by atoms with Crippen molar-refractivity contribution in [3.63, 3.8) is 0 Å². The van der Waals surface area contributed by atoms with Crippen LogP contribution in [0, 0.1) is 11.6 Å². The number of ether oxygens (including phenoxy) is 2. The van der Waals surface area contributed by atoms with Crippen molar-refractivity contribution < 1.29 is 27.8 Å². The van der Waals surface area contributed by atoms with Crippen LogP contribution in [0.25, 0.3) is 0 Å². The minimum absolute atomic E-state index is 0.0633. The molecule has 0 radical (unpaired) electrons. The molecule has 10 heteroatoms. The second-order valence-corrected chi connectivity index (χ2v) is 8.98. The lowest BCUT2D eigenvalue weighted by Gasteiger charge is -2.44. The van der Waals surface area contributed by atoms with Gasteiger partial charge in [-0.3, -0.25) is 14.4 Å². The van der Waals surface area contributed by atoms with Gasteiger partial charge in [0.05, 0.1) is 19.8 Å². The van der Waals surface area contributed by atoms with Gasteiger partial charge in [-0.05, 0) is 25.8 Å². The van der Waals surface area contributed by atoms with Crippen LogP contribution in [-0.4, -0.2) is 58.7 Å². The number of nitrogens with zero attached hydrogens (tertiary/aromatic N) is 3. The van der Waals surface area contributed by atoms with Crippen LogP contribution in [-0.2, 0) is 17.8 Å². The van der Waals surface area contributed by atoms with Crippen LogP contribution < -0.4 is 10.2 Å². The third-order valence-corrected chi connectivity index (χ3v) is 6.40. The zero-order valence-corrected chi connectivity index (χ0v) is 20.1. The van der Waals surface area contributed by atoms with Gasteiger partial charge in [0.25, 0.3) is 11.8 Å². The van der Waals surface area contributed by atoms with Gasteiger partial charge in [0.1, 0.15) is 17.2 Å². The van der Waals surface area contributed by atoms with Gasteiger partial charge < -0.3 is 23.8 Å². The van der Waals surface area contributed by atoms with Crippen LogP contribution in [0.5, 0.6) is 5.75 Å². The SMILES string of the molecule is CCCCOc1c2n(cc(C(=O)N(C)Cc3ccc(F)cc3F)c1=O)CC1OCC[C@@H](C)N1C2=O. The average Bonchev–Trinajstić information content (AvgIpc) is 2.81. The van der Waals surface area contributed by atoms with Crippen molar-refractivity contribution in [2.45, 2.75) is 58.5 Å². The zero-order valence-electron chi connectivity index (χ0n) is 20.1. The smallest absolute Gasteiger partial charge is 0.276 e. The molecule has 8 nitrogen and oxygen atoms in total. The molecule has 2 aliphatic rings. The Balaban J connectivity index is 1.72. The lowest BCUT2D eigenvalue weighted by atomic mass is 10.1. The quantitative estimate of drug-likeness (QED) is 0.558. The normalized spacial score (nSPS) is 19.2. The number of pyridine rings is 1. The summed E-state index contributed by atoms with van der Waals surface area (Å²) < 4.78 is 40.5. The number of carbonyl (C=O) groups excluding carboxylic acids is 2. The topological polar surface area (TPSA) is 81.1 Å². The molecule has 2 amide bonds. The summed E-state index contributed by atoms with van der Waals surface area (Å²) in [5, 5.41) is 0. The largest absolute Gasteiger partial charge is 0.487 e. The van der Waals surface area contributed by atoms with Crippen molar-refractivity contribution in [2.24, 2.45) is 0 Å². The van der Waals surface area contributed by atoms with Crippen LogP contribution in [0.4, 0.5) is 8.78 Å². The van der Waals surface area contributed by atoms with Gasteiger partial charge >= 0.3 is 0 Å². The molecule has 4 rings (SSSR count). The molecule has 1 aromatic heterocycles. The number of aromatic nitrogens is 1. The predicted octanol–water partition coefficient (Wildman–Crippen LogP) is 3.17. The molecule has 1 unspecified atom stereocenters. The van der Waals surface area contributed by atoms with Crippen molar-refractivity contribution >= 4 is 11.8 Å². The molecule has 0 aliphatic carbocycles. The molecule has 2 atom stereocenters. The van der Waals surface area contributed by atoms with Crippen LogP contribution in [0.3, 0.4) is 0 Å². The highest BCUT2D eigenvalue weighted by Gasteiger charge is 2.41. The van der Waals surface area contributed by atoms with E-state index in [1.165, 1.54) is 24.2 Å². The molecule has 0 saturated carbocycles. The van der Waals surface area contributed by atoms with Gasteiger partial charge in [0.2, 0.25) is 5.43 Å². The van der Waals surface area contributed by atoms with Gasteiger partial charge in [-0.15, -0.1) is 0 Å². The van der Waals surface area contributed by atoms with Gasteiger partial charge in [-0.1, -0.05) is 19.4 Å². The average molecular weight is 490 g/mol. The van der Waals surface area contributed by atoms with Crippen LogP contribution in [0.1, 0.15) is 59.5 Å². The van der Waals surface area contributed by atoms with E-state index in [0.717, 1.165) is 18.6 Å². The summed E-state index contributed by atoms with van der Waals surface area (Å²) in [4.78, 5) is 42.9. The predicted molar refractivity (Wildman–Crippen MR) is 123 cm³/mol. The summed E-state index contributed by atoms with van der Waals surface area (Å²) in [6, 6.07) is 3.03. The Bertz CT molecular complexity index is 1200. The molecule has 188 valence electrons. The van der Waals surface area contributed by atoms with Crippen LogP contribution >= 0.6 is 0 Å². The van der Waals surface area contributed by atoms with Crippen LogP contribution in [0.2, 0.25) is 0 Å². The molecule has 0 N–H and O–H groups in total. The van der Waals surface area contributed by atoms with E-state index in [1.807, 2.05) is 13.8 Å². The fourth-order valence-electron chi connectivity index (χ4n) is 4.43. The first-order chi connectivity index (χ1) is 16.7. The third-order valence-electron chi connectivity index (χ3n) is 6.40. The minimum atomic E-state index is -0.787. The van der Waals surface area contributed by atoms with E-state index in [2.05, 4.69) is 0 Å². The standard InChI is InChI=1S/C25H29F2N3O5/c1-4-5-9-35-23-21-25(33)30-15(2)8-10-34-20(30)14-29(21)13-18(22(23)31)24(32)28(3)12-16-6-7-17(26)11-19(16)27/h6-7,11,13,15,20H,4-5,8-10,12,14H2,1-3H3/t15-,20?/m1/s1. The summed E-state index contributed by atoms with van der Waals surface area (Å²) in [6.45, 7) is 4.69. The highest BCUT2D eigenvalue weighted by molar-refractivity contribution is 5.99. The lowest BCUT2D eigenvalue weighted by Crippen LogP contribution is -2.57. The van der Waals surface area contributed by atoms with E-state index in [9.17, 15) is 23.2 Å². The molecule has 35 heavy (non-hydrogen) atoms. The Morgan fingerprint density at radius 1 is 1.29 bits per heavy atom. The Kier molecular flexibility index (Phi) is 7.20. The Morgan fingerprint density at radius 2 is 2.06 bits per heavy atom. The summed E-state index contributed by atoms with van der Waals surface area (Å²) in [5.41, 5.74) is -0.685. The number of amides is 2. The minimum Gasteiger partial charge on any atom is -0.487 e. The van der Waals surface area contributed by atoms with Gasteiger partial charge in [0.15, 0.2) is 17.7 Å². The fraction of sp³-hybridized carbons (Fsp3) is 0.480. The second-order valence-electron chi connectivity index (χ2n) is 8.98. The number of carbonyl (C=O) groups is 2. The van der Waals surface area contributed by atoms with E-state index in [1.54, 1.807) is 9.47 Å². The number of hydrogen-bond donors (Lipinski definition) is 0. The van der Waals surface area contributed by atoms with E-state index < -0.39 is 29.2 Å². The van der Waals surface area contributed by atoms with Crippen molar-refractivity contribution in [2.75, 3.05) is 20.3 Å².